The molecule has 10 nitrogen and oxygen atoms in total. The number of hydrogen-bond donors (Lipinski definition) is 3. The molecule has 186 valence electrons. The number of para-hydroxylation sites is 2. The first kappa shape index (κ1) is 23.4. The van der Waals surface area contributed by atoms with E-state index in [-0.39, 0.29) is 30.4 Å². The predicted octanol–water partition coefficient (Wildman–Crippen LogP) is 1.87. The number of hydrogen-bond acceptors (Lipinski definition) is 8. The monoisotopic (exact) mass is 486 g/mol. The topological polar surface area (TPSA) is 109 Å². The van der Waals surface area contributed by atoms with Crippen molar-refractivity contribution in [2.24, 2.45) is 0 Å². The Morgan fingerprint density at radius 2 is 1.91 bits per heavy atom. The van der Waals surface area contributed by atoms with Gasteiger partial charge in [-0.1, -0.05) is 12.1 Å². The molecule has 12 heteroatoms. The molecule has 2 fully saturated rings. The largest absolute Gasteiger partial charge is 0.378 e. The Labute approximate surface area is 201 Å². The lowest BCUT2D eigenvalue weighted by Gasteiger charge is -2.37. The van der Waals surface area contributed by atoms with Crippen LogP contribution in [0.4, 0.5) is 20.5 Å². The molecule has 1 saturated carbocycles. The van der Waals surface area contributed by atoms with Crippen molar-refractivity contribution in [3.05, 3.63) is 36.2 Å². The maximum atomic E-state index is 14.0. The first-order valence-corrected chi connectivity index (χ1v) is 11.7. The van der Waals surface area contributed by atoms with Crippen LogP contribution in [0.15, 0.2) is 30.3 Å². The second kappa shape index (κ2) is 10.1. The minimum Gasteiger partial charge on any atom is -0.378 e. The fourth-order valence-electron chi connectivity index (χ4n) is 4.45. The Morgan fingerprint density at radius 3 is 2.66 bits per heavy atom. The Kier molecular flexibility index (Phi) is 6.73. The number of ether oxygens (including phenoxy) is 1. The summed E-state index contributed by atoms with van der Waals surface area (Å²) in [4.78, 5) is 27.3. The number of carbonyl (C=O) groups excluding carboxylic acids is 1. The summed E-state index contributed by atoms with van der Waals surface area (Å²) in [6, 6.07) is 8.89. The third kappa shape index (κ3) is 5.03. The summed E-state index contributed by atoms with van der Waals surface area (Å²) < 4.78 is 34.8. The number of benzene rings is 1. The number of alkyl halides is 2. The average molecular weight is 487 g/mol. The van der Waals surface area contributed by atoms with Gasteiger partial charge >= 0.3 is 0 Å². The van der Waals surface area contributed by atoms with Crippen LogP contribution in [-0.4, -0.2) is 77.4 Å². The molecule has 0 atom stereocenters. The number of aromatic nitrogens is 4. The molecule has 1 saturated heterocycles. The zero-order valence-corrected chi connectivity index (χ0v) is 19.4. The smallest absolute Gasteiger partial charge is 0.296 e. The highest BCUT2D eigenvalue weighted by Gasteiger charge is 2.31. The number of rotatable bonds is 8. The zero-order valence-electron chi connectivity index (χ0n) is 19.4. The van der Waals surface area contributed by atoms with Gasteiger partial charge in [0.15, 0.2) is 5.82 Å². The molecule has 1 aliphatic carbocycles. The maximum Gasteiger partial charge on any atom is 0.296 e. The zero-order chi connectivity index (χ0) is 24.4. The molecule has 1 aromatic carbocycles. The van der Waals surface area contributed by atoms with Gasteiger partial charge < -0.3 is 25.6 Å². The van der Waals surface area contributed by atoms with Gasteiger partial charge in [-0.05, 0) is 32.0 Å². The van der Waals surface area contributed by atoms with E-state index >= 15 is 0 Å². The van der Waals surface area contributed by atoms with Crippen LogP contribution >= 0.6 is 0 Å². The van der Waals surface area contributed by atoms with E-state index in [0.29, 0.717) is 54.9 Å². The van der Waals surface area contributed by atoms with Crippen LogP contribution in [0.3, 0.4) is 0 Å². The third-order valence-electron chi connectivity index (χ3n) is 6.20. The molecule has 0 radical (unpaired) electrons. The van der Waals surface area contributed by atoms with Gasteiger partial charge in [0, 0.05) is 31.2 Å². The molecule has 0 spiro atoms. The highest BCUT2D eigenvalue weighted by molar-refractivity contribution is 5.79. The normalized spacial score (nSPS) is 20.2. The fourth-order valence-corrected chi connectivity index (χ4v) is 4.45. The van der Waals surface area contributed by atoms with Crippen molar-refractivity contribution in [2.45, 2.75) is 31.4 Å². The summed E-state index contributed by atoms with van der Waals surface area (Å²) in [7, 11) is 1.73. The standard InChI is InChI=1S/C23H28F2N8O2/c1-26-13-20(34)28-15-10-14(11-15)27-18-12-19(31-23(30-18)32-6-8-35-9-7-32)33-17-5-3-2-4-16(17)29-22(33)21(24)25/h2-5,12,14-15,21,26H,6-11,13H2,1H3,(H,28,34)(H,27,30,31)/t14-,15-. The lowest BCUT2D eigenvalue weighted by molar-refractivity contribution is -0.121. The molecule has 1 amide bonds. The predicted molar refractivity (Wildman–Crippen MR) is 127 cm³/mol. The first-order chi connectivity index (χ1) is 17.0. The van der Waals surface area contributed by atoms with Crippen molar-refractivity contribution < 1.29 is 18.3 Å². The van der Waals surface area contributed by atoms with Gasteiger partial charge in [0.1, 0.15) is 11.6 Å². The molecule has 3 heterocycles. The summed E-state index contributed by atoms with van der Waals surface area (Å²) >= 11 is 0. The lowest BCUT2D eigenvalue weighted by atomic mass is 9.86. The number of amides is 1. The van der Waals surface area contributed by atoms with E-state index in [9.17, 15) is 13.6 Å². The van der Waals surface area contributed by atoms with Gasteiger partial charge in [-0.2, -0.15) is 9.97 Å². The molecule has 5 rings (SSSR count). The van der Waals surface area contributed by atoms with Crippen LogP contribution in [-0.2, 0) is 9.53 Å². The summed E-state index contributed by atoms with van der Waals surface area (Å²) in [5.74, 6) is 0.913. The molecule has 2 aromatic heterocycles. The molecule has 1 aliphatic heterocycles. The van der Waals surface area contributed by atoms with Crippen molar-refractivity contribution in [1.29, 1.82) is 0 Å². The van der Waals surface area contributed by atoms with E-state index in [2.05, 4.69) is 30.9 Å². The number of carbonyl (C=O) groups is 1. The number of nitrogens with zero attached hydrogens (tertiary/aromatic N) is 5. The fraction of sp³-hybridized carbons (Fsp3) is 0.478. The maximum absolute atomic E-state index is 14.0. The van der Waals surface area contributed by atoms with Gasteiger partial charge in [0.25, 0.3) is 6.43 Å². The second-order valence-corrected chi connectivity index (χ2v) is 8.71. The summed E-state index contributed by atoms with van der Waals surface area (Å²) in [5.41, 5.74) is 1.03. The van der Waals surface area contributed by atoms with Crippen LogP contribution in [0, 0.1) is 0 Å². The number of likely N-dealkylation sites (N-methyl/N-ethyl adjacent to an activating group) is 1. The number of anilines is 2. The molecular formula is C23H28F2N8O2. The number of fused-ring (bicyclic) bond motifs is 1. The summed E-state index contributed by atoms with van der Waals surface area (Å²) in [6.07, 6.45) is -1.27. The van der Waals surface area contributed by atoms with E-state index in [1.54, 1.807) is 37.4 Å². The van der Waals surface area contributed by atoms with Gasteiger partial charge in [0.2, 0.25) is 11.9 Å². The third-order valence-corrected chi connectivity index (χ3v) is 6.20. The minimum atomic E-state index is -2.77. The van der Waals surface area contributed by atoms with Gasteiger partial charge in [-0.3, -0.25) is 9.36 Å². The van der Waals surface area contributed by atoms with Crippen molar-refractivity contribution in [2.75, 3.05) is 50.1 Å². The van der Waals surface area contributed by atoms with Crippen LogP contribution in [0.25, 0.3) is 16.9 Å². The molecule has 0 unspecified atom stereocenters. The van der Waals surface area contributed by atoms with Gasteiger partial charge in [-0.25, -0.2) is 13.8 Å². The molecule has 3 N–H and O–H groups in total. The number of imidazole rings is 1. The Balaban J connectivity index is 1.45. The summed E-state index contributed by atoms with van der Waals surface area (Å²) in [6.45, 7) is 2.58. The number of halogens is 2. The van der Waals surface area contributed by atoms with Gasteiger partial charge in [0.05, 0.1) is 30.8 Å². The van der Waals surface area contributed by atoms with Crippen LogP contribution in [0.2, 0.25) is 0 Å². The quantitative estimate of drug-likeness (QED) is 0.443. The van der Waals surface area contributed by atoms with Crippen molar-refractivity contribution >= 4 is 28.7 Å². The van der Waals surface area contributed by atoms with Crippen molar-refractivity contribution in [1.82, 2.24) is 30.2 Å². The molecule has 3 aromatic rings. The number of morpholine rings is 1. The molecule has 2 aliphatic rings. The Hall–Kier alpha value is -3.38. The lowest BCUT2D eigenvalue weighted by Crippen LogP contribution is -2.51. The average Bonchev–Trinajstić information content (AvgIpc) is 3.23. The summed E-state index contributed by atoms with van der Waals surface area (Å²) in [5, 5.41) is 9.21. The van der Waals surface area contributed by atoms with E-state index in [1.807, 2.05) is 4.90 Å². The first-order valence-electron chi connectivity index (χ1n) is 11.7. The van der Waals surface area contributed by atoms with E-state index in [1.165, 1.54) is 4.57 Å². The highest BCUT2D eigenvalue weighted by Crippen LogP contribution is 2.30. The van der Waals surface area contributed by atoms with Crippen molar-refractivity contribution in [3.63, 3.8) is 0 Å². The van der Waals surface area contributed by atoms with Gasteiger partial charge in [-0.15, -0.1) is 0 Å². The van der Waals surface area contributed by atoms with Crippen LogP contribution in [0.5, 0.6) is 0 Å². The Bertz CT molecular complexity index is 1190. The van der Waals surface area contributed by atoms with E-state index in [0.717, 1.165) is 12.8 Å². The Morgan fingerprint density at radius 1 is 1.14 bits per heavy atom. The van der Waals surface area contributed by atoms with E-state index < -0.39 is 6.43 Å². The van der Waals surface area contributed by atoms with Crippen LogP contribution in [0.1, 0.15) is 25.1 Å². The SMILES string of the molecule is CNCC(=O)N[C@H]1C[C@H](Nc2cc(-n3c(C(F)F)nc4ccccc43)nc(N3CCOCC3)n2)C1. The minimum absolute atomic E-state index is 0.0404. The number of nitrogens with one attached hydrogen (secondary N) is 3. The molecule has 0 bridgehead atoms. The molecule has 35 heavy (non-hydrogen) atoms. The van der Waals surface area contributed by atoms with Crippen molar-refractivity contribution in [3.8, 4) is 5.82 Å². The second-order valence-electron chi connectivity index (χ2n) is 8.71. The highest BCUT2D eigenvalue weighted by atomic mass is 19.3. The van der Waals surface area contributed by atoms with Crippen LogP contribution < -0.4 is 20.9 Å². The van der Waals surface area contributed by atoms with E-state index in [4.69, 9.17) is 4.74 Å². The molecular weight excluding hydrogens is 458 g/mol.